The van der Waals surface area contributed by atoms with Crippen molar-refractivity contribution >= 4 is 34.9 Å². The average Bonchev–Trinajstić information content (AvgIpc) is 2.64. The largest absolute Gasteiger partial charge is 1.00 e. The minimum atomic E-state index is -1.50. The molecule has 3 rings (SSSR count). The van der Waals surface area contributed by atoms with Crippen LogP contribution in [0.2, 0.25) is 5.02 Å². The zero-order valence-corrected chi connectivity index (χ0v) is 20.7. The molecule has 0 saturated heterocycles. The normalized spacial score (nSPS) is 15.0. The molecule has 9 heteroatoms. The number of rotatable bonds is 2. The molecule has 118 valence electrons. The SMILES string of the molecule is O=C(O)C1N=C(c2ccccc2)c2cc(Cl)ccc2NC1=O.[K+].[K+].[OH-]. The second-order valence-electron chi connectivity index (χ2n) is 4.76. The van der Waals surface area contributed by atoms with Crippen molar-refractivity contribution in [3.05, 3.63) is 64.7 Å². The van der Waals surface area contributed by atoms with E-state index in [4.69, 9.17) is 11.6 Å². The maximum absolute atomic E-state index is 12.0. The van der Waals surface area contributed by atoms with Gasteiger partial charge in [0.15, 0.2) is 0 Å². The predicted molar refractivity (Wildman–Crippen MR) is 85.5 cm³/mol. The molecule has 2 aromatic rings. The van der Waals surface area contributed by atoms with Crippen LogP contribution >= 0.6 is 11.6 Å². The molecule has 0 aromatic heterocycles. The molecule has 2 aromatic carbocycles. The summed E-state index contributed by atoms with van der Waals surface area (Å²) >= 11 is 6.03. The van der Waals surface area contributed by atoms with Crippen LogP contribution in [0.3, 0.4) is 0 Å². The first kappa shape index (κ1) is 25.6. The number of fused-ring (bicyclic) bond motifs is 1. The van der Waals surface area contributed by atoms with Gasteiger partial charge in [0.25, 0.3) is 5.91 Å². The van der Waals surface area contributed by atoms with Crippen molar-refractivity contribution in [2.75, 3.05) is 5.32 Å². The Labute approximate surface area is 234 Å². The van der Waals surface area contributed by atoms with Gasteiger partial charge in [0.2, 0.25) is 6.04 Å². The molecule has 1 unspecified atom stereocenters. The third-order valence-electron chi connectivity index (χ3n) is 3.28. The molecule has 6 nitrogen and oxygen atoms in total. The zero-order chi connectivity index (χ0) is 15.7. The van der Waals surface area contributed by atoms with E-state index in [1.165, 1.54) is 0 Å². The maximum atomic E-state index is 12.0. The summed E-state index contributed by atoms with van der Waals surface area (Å²) in [6.07, 6.45) is 0. The van der Waals surface area contributed by atoms with E-state index < -0.39 is 17.9 Å². The Balaban J connectivity index is 0.00000192. The molecule has 1 heterocycles. The maximum Gasteiger partial charge on any atom is 1.00 e. The van der Waals surface area contributed by atoms with Crippen LogP contribution in [0, 0.1) is 0 Å². The van der Waals surface area contributed by atoms with Crippen LogP contribution in [0.15, 0.2) is 53.5 Å². The summed E-state index contributed by atoms with van der Waals surface area (Å²) in [6, 6.07) is 12.5. The van der Waals surface area contributed by atoms with E-state index in [-0.39, 0.29) is 108 Å². The summed E-state index contributed by atoms with van der Waals surface area (Å²) in [4.78, 5) is 27.5. The Morgan fingerprint density at radius 1 is 1.12 bits per heavy atom. The minimum Gasteiger partial charge on any atom is -0.870 e. The fourth-order valence-corrected chi connectivity index (χ4v) is 2.45. The summed E-state index contributed by atoms with van der Waals surface area (Å²) in [6.45, 7) is 0. The third-order valence-corrected chi connectivity index (χ3v) is 3.52. The van der Waals surface area contributed by atoms with Crippen molar-refractivity contribution in [1.82, 2.24) is 0 Å². The van der Waals surface area contributed by atoms with Crippen molar-refractivity contribution in [2.24, 2.45) is 4.99 Å². The molecule has 25 heavy (non-hydrogen) atoms. The van der Waals surface area contributed by atoms with Crippen LogP contribution in [-0.2, 0) is 9.59 Å². The molecule has 0 radical (unpaired) electrons. The second-order valence-corrected chi connectivity index (χ2v) is 5.20. The standard InChI is InChI=1S/C16H11ClN2O3.2K.H2O/c17-10-6-7-12-11(8-10)13(9-4-2-1-3-5-9)19-14(16(21)22)15(20)18-12;;;/h1-8,14H,(H,18,20)(H,21,22);;;1H2/q;2*+1;/p-1. The number of halogens is 1. The number of carboxylic acids is 1. The van der Waals surface area contributed by atoms with E-state index in [1.807, 2.05) is 18.2 Å². The monoisotopic (exact) mass is 409 g/mol. The number of nitrogens with one attached hydrogen (secondary N) is 1. The van der Waals surface area contributed by atoms with Gasteiger partial charge in [-0.1, -0.05) is 41.9 Å². The number of nitrogens with zero attached hydrogens (tertiary/aromatic N) is 1. The molecule has 0 aliphatic carbocycles. The van der Waals surface area contributed by atoms with Gasteiger partial charge in [-0.2, -0.15) is 0 Å². The van der Waals surface area contributed by atoms with Gasteiger partial charge in [0.05, 0.1) is 11.4 Å². The molecule has 1 aliphatic rings. The van der Waals surface area contributed by atoms with Gasteiger partial charge in [0.1, 0.15) is 0 Å². The zero-order valence-electron chi connectivity index (χ0n) is 13.7. The number of benzene rings is 2. The molecule has 3 N–H and O–H groups in total. The Morgan fingerprint density at radius 3 is 2.36 bits per heavy atom. The minimum absolute atomic E-state index is 0. The Hall–Kier alpha value is 0.573. The molecular formula is C16H12ClK2N2O4+. The fraction of sp³-hybridized carbons (Fsp3) is 0.0625. The van der Waals surface area contributed by atoms with Crippen molar-refractivity contribution in [3.8, 4) is 0 Å². The summed E-state index contributed by atoms with van der Waals surface area (Å²) in [5.74, 6) is -1.98. The van der Waals surface area contributed by atoms with Gasteiger partial charge in [-0.25, -0.2) is 4.79 Å². The Bertz CT molecular complexity index is 800. The number of hydrogen-bond donors (Lipinski definition) is 2. The smallest absolute Gasteiger partial charge is 0.870 e. The van der Waals surface area contributed by atoms with E-state index in [9.17, 15) is 14.7 Å². The number of aliphatic imine (C=N–C) groups is 1. The fourth-order valence-electron chi connectivity index (χ4n) is 2.27. The van der Waals surface area contributed by atoms with E-state index in [0.29, 0.717) is 27.5 Å². The Morgan fingerprint density at radius 2 is 1.76 bits per heavy atom. The van der Waals surface area contributed by atoms with Crippen LogP contribution in [0.5, 0.6) is 0 Å². The first-order valence-corrected chi connectivity index (χ1v) is 6.91. The summed E-state index contributed by atoms with van der Waals surface area (Å²) in [5, 5.41) is 12.3. The molecule has 0 spiro atoms. The van der Waals surface area contributed by atoms with Crippen molar-refractivity contribution < 1.29 is 123 Å². The first-order valence-electron chi connectivity index (χ1n) is 6.53. The van der Waals surface area contributed by atoms with E-state index >= 15 is 0 Å². The van der Waals surface area contributed by atoms with Crippen molar-refractivity contribution in [1.29, 1.82) is 0 Å². The molecule has 0 fully saturated rings. The van der Waals surface area contributed by atoms with Crippen LogP contribution < -0.4 is 108 Å². The third kappa shape index (κ3) is 6.03. The number of benzodiazepines with no additional fused rings is 1. The summed E-state index contributed by atoms with van der Waals surface area (Å²) in [7, 11) is 0. The van der Waals surface area contributed by atoms with Gasteiger partial charge < -0.3 is 15.9 Å². The quantitative estimate of drug-likeness (QED) is 0.395. The predicted octanol–water partition coefficient (Wildman–Crippen LogP) is -3.59. The average molecular weight is 410 g/mol. The van der Waals surface area contributed by atoms with Gasteiger partial charge in [-0.05, 0) is 18.2 Å². The second kappa shape index (κ2) is 11.4. The molecular weight excluding hydrogens is 398 g/mol. The number of aliphatic carboxylic acids is 1. The van der Waals surface area contributed by atoms with E-state index in [2.05, 4.69) is 10.3 Å². The molecule has 1 amide bonds. The first-order chi connectivity index (χ1) is 10.6. The van der Waals surface area contributed by atoms with Gasteiger partial charge >= 0.3 is 109 Å². The van der Waals surface area contributed by atoms with Crippen LogP contribution in [-0.4, -0.2) is 34.2 Å². The number of anilines is 1. The molecule has 0 bridgehead atoms. The summed E-state index contributed by atoms with van der Waals surface area (Å²) in [5.41, 5.74) is 2.22. The van der Waals surface area contributed by atoms with Crippen molar-refractivity contribution in [2.45, 2.75) is 6.04 Å². The van der Waals surface area contributed by atoms with Crippen LogP contribution in [0.4, 0.5) is 5.69 Å². The van der Waals surface area contributed by atoms with Crippen LogP contribution in [0.25, 0.3) is 0 Å². The number of carbonyl (C=O) groups excluding carboxylic acids is 1. The number of hydrogen-bond acceptors (Lipinski definition) is 4. The molecule has 1 atom stereocenters. The van der Waals surface area contributed by atoms with E-state index in [1.54, 1.807) is 30.3 Å². The van der Waals surface area contributed by atoms with Crippen LogP contribution in [0.1, 0.15) is 11.1 Å². The van der Waals surface area contributed by atoms with Gasteiger partial charge in [-0.3, -0.25) is 9.79 Å². The molecule has 1 aliphatic heterocycles. The van der Waals surface area contributed by atoms with Gasteiger partial charge in [-0.15, -0.1) is 0 Å². The molecule has 0 saturated carbocycles. The summed E-state index contributed by atoms with van der Waals surface area (Å²) < 4.78 is 0. The number of amides is 1. The Kier molecular flexibility index (Phi) is 11.7. The number of carbonyl (C=O) groups is 2. The van der Waals surface area contributed by atoms with E-state index in [0.717, 1.165) is 0 Å². The topological polar surface area (TPSA) is 109 Å². The van der Waals surface area contributed by atoms with Gasteiger partial charge in [0, 0.05) is 16.1 Å². The van der Waals surface area contributed by atoms with Crippen molar-refractivity contribution in [3.63, 3.8) is 0 Å². The number of carboxylic acid groups (broad SMARTS) is 1.